The molecule has 2 aliphatic rings. The van der Waals surface area contributed by atoms with Gasteiger partial charge in [0.25, 0.3) is 0 Å². The van der Waals surface area contributed by atoms with Gasteiger partial charge in [-0.15, -0.1) is 0 Å². The first-order valence-electron chi connectivity index (χ1n) is 13.4. The summed E-state index contributed by atoms with van der Waals surface area (Å²) in [7, 11) is -1.48. The fourth-order valence-corrected chi connectivity index (χ4v) is 6.85. The van der Waals surface area contributed by atoms with E-state index in [9.17, 15) is 12.8 Å². The van der Waals surface area contributed by atoms with Crippen molar-refractivity contribution < 1.29 is 17.5 Å². The van der Waals surface area contributed by atoms with Crippen LogP contribution in [0.1, 0.15) is 38.7 Å². The lowest BCUT2D eigenvalue weighted by Gasteiger charge is -2.48. The molecule has 4 atom stereocenters. The molecule has 0 bridgehead atoms. The first-order valence-corrected chi connectivity index (χ1v) is 15.5. The number of piperidine rings is 1. The summed E-state index contributed by atoms with van der Waals surface area (Å²) >= 11 is 0. The lowest BCUT2D eigenvalue weighted by Crippen LogP contribution is -2.57. The lowest BCUT2D eigenvalue weighted by molar-refractivity contribution is 0.0194. The maximum Gasteiger partial charge on any atom is 0.227 e. The van der Waals surface area contributed by atoms with Gasteiger partial charge in [0.15, 0.2) is 0 Å². The van der Waals surface area contributed by atoms with Crippen LogP contribution in [0.3, 0.4) is 0 Å². The van der Waals surface area contributed by atoms with Crippen LogP contribution in [-0.4, -0.2) is 80.4 Å². The molecule has 39 heavy (non-hydrogen) atoms. The van der Waals surface area contributed by atoms with Crippen LogP contribution < -0.4 is 15.1 Å². The zero-order chi connectivity index (χ0) is 27.9. The summed E-state index contributed by atoms with van der Waals surface area (Å²) in [5.74, 6) is 2.33. The lowest BCUT2D eigenvalue weighted by atomic mass is 9.88. The van der Waals surface area contributed by atoms with Gasteiger partial charge in [0.2, 0.25) is 5.95 Å². The Kier molecular flexibility index (Phi) is 7.65. The third-order valence-electron chi connectivity index (χ3n) is 7.93. The van der Waals surface area contributed by atoms with E-state index in [1.54, 1.807) is 12.3 Å². The molecule has 11 heteroatoms. The predicted molar refractivity (Wildman–Crippen MR) is 154 cm³/mol. The number of hydrogen-bond acceptors (Lipinski definition) is 9. The van der Waals surface area contributed by atoms with Crippen LogP contribution in [0.2, 0.25) is 0 Å². The number of aromatic nitrogens is 3. The fourth-order valence-electron chi connectivity index (χ4n) is 5.69. The van der Waals surface area contributed by atoms with Gasteiger partial charge in [-0.05, 0) is 48.4 Å². The van der Waals surface area contributed by atoms with Gasteiger partial charge in [-0.25, -0.2) is 22.8 Å². The van der Waals surface area contributed by atoms with Crippen LogP contribution in [0.15, 0.2) is 36.7 Å². The molecule has 0 aliphatic carbocycles. The highest BCUT2D eigenvalue weighted by Crippen LogP contribution is 2.39. The Labute approximate surface area is 229 Å². The number of nitrogens with one attached hydrogen (secondary N) is 1. The molecular weight excluding hydrogens is 519 g/mol. The predicted octanol–water partition coefficient (Wildman–Crippen LogP) is 4.32. The van der Waals surface area contributed by atoms with Gasteiger partial charge >= 0.3 is 0 Å². The number of pyridine rings is 1. The topological polar surface area (TPSA) is 101 Å². The maximum atomic E-state index is 14.4. The van der Waals surface area contributed by atoms with Crippen LogP contribution >= 0.6 is 0 Å². The molecule has 0 unspecified atom stereocenters. The van der Waals surface area contributed by atoms with Gasteiger partial charge in [0.05, 0.1) is 18.4 Å². The number of methoxy groups -OCH3 is 1. The minimum atomic E-state index is -3.02. The maximum absolute atomic E-state index is 14.4. The highest BCUT2D eigenvalue weighted by Gasteiger charge is 2.38. The molecule has 2 aliphatic heterocycles. The van der Waals surface area contributed by atoms with Gasteiger partial charge < -0.3 is 19.9 Å². The van der Waals surface area contributed by atoms with Crippen molar-refractivity contribution in [3.8, 4) is 0 Å². The van der Waals surface area contributed by atoms with Crippen LogP contribution in [-0.2, 0) is 14.6 Å². The largest absolute Gasteiger partial charge is 0.378 e. The Morgan fingerprint density at radius 3 is 2.62 bits per heavy atom. The Hall–Kier alpha value is -3.05. The van der Waals surface area contributed by atoms with E-state index in [0.717, 1.165) is 16.5 Å². The summed E-state index contributed by atoms with van der Waals surface area (Å²) in [5.41, 5.74) is 2.27. The summed E-state index contributed by atoms with van der Waals surface area (Å²) in [6, 6.07) is 8.22. The fraction of sp³-hybridized carbons (Fsp3) is 0.536. The van der Waals surface area contributed by atoms with Gasteiger partial charge in [0, 0.05) is 61.9 Å². The Balaban J connectivity index is 1.40. The Morgan fingerprint density at radius 2 is 1.95 bits per heavy atom. The van der Waals surface area contributed by atoms with Crippen molar-refractivity contribution in [1.29, 1.82) is 0 Å². The van der Waals surface area contributed by atoms with E-state index in [2.05, 4.69) is 53.1 Å². The molecule has 1 N–H and O–H groups in total. The molecule has 210 valence electrons. The van der Waals surface area contributed by atoms with Gasteiger partial charge in [-0.3, -0.25) is 0 Å². The van der Waals surface area contributed by atoms with Crippen LogP contribution in [0, 0.1) is 5.92 Å². The smallest absolute Gasteiger partial charge is 0.227 e. The minimum Gasteiger partial charge on any atom is -0.378 e. The molecule has 4 heterocycles. The number of benzene rings is 1. The highest BCUT2D eigenvalue weighted by molar-refractivity contribution is 7.90. The molecule has 2 fully saturated rings. The number of alkyl halides is 1. The van der Waals surface area contributed by atoms with Gasteiger partial charge in [-0.2, -0.15) is 4.98 Å². The zero-order valence-corrected chi connectivity index (χ0v) is 23.9. The van der Waals surface area contributed by atoms with Crippen LogP contribution in [0.25, 0.3) is 10.8 Å². The molecule has 0 spiro atoms. The number of hydrogen-bond donors (Lipinski definition) is 1. The molecule has 9 nitrogen and oxygen atoms in total. The Morgan fingerprint density at radius 1 is 1.15 bits per heavy atom. The third-order valence-corrected chi connectivity index (χ3v) is 8.96. The third kappa shape index (κ3) is 5.79. The summed E-state index contributed by atoms with van der Waals surface area (Å²) in [6.07, 6.45) is 3.93. The van der Waals surface area contributed by atoms with Gasteiger partial charge in [-0.1, -0.05) is 19.9 Å². The van der Waals surface area contributed by atoms with E-state index < -0.39 is 22.1 Å². The van der Waals surface area contributed by atoms with E-state index in [1.807, 2.05) is 17.2 Å². The molecule has 0 radical (unpaired) electrons. The van der Waals surface area contributed by atoms with E-state index in [0.29, 0.717) is 43.0 Å². The standard InChI is InChI=1S/C28H37FN6O3S/c1-17(2)20-6-7-24(35-14-19(18(35)3)16-39(5,36)37)22-13-31-27(12-21(20)22)32-26-8-10-30-28(33-26)34-11-9-25(38-4)23(29)15-34/h6-8,10,12-13,17-19,23,25H,9,11,14-16H2,1-5H3,(H,30,31,32,33)/t18-,19-,23+,25-/m1/s1. The average Bonchev–Trinajstić information content (AvgIpc) is 2.89. The second-order valence-corrected chi connectivity index (χ2v) is 13.3. The van der Waals surface area contributed by atoms with Crippen molar-refractivity contribution in [3.63, 3.8) is 0 Å². The summed E-state index contributed by atoms with van der Waals surface area (Å²) in [6.45, 7) is 7.93. The monoisotopic (exact) mass is 556 g/mol. The molecule has 1 aromatic carbocycles. The number of sulfone groups is 1. The second-order valence-electron chi connectivity index (χ2n) is 11.1. The number of halogens is 1. The zero-order valence-electron chi connectivity index (χ0n) is 23.1. The van der Waals surface area contributed by atoms with Crippen LogP contribution in [0.5, 0.6) is 0 Å². The van der Waals surface area contributed by atoms with Crippen molar-refractivity contribution in [2.75, 3.05) is 53.9 Å². The first kappa shape index (κ1) is 27.5. The van der Waals surface area contributed by atoms with Crippen LogP contribution in [0.4, 0.5) is 27.7 Å². The first-order chi connectivity index (χ1) is 18.5. The molecule has 2 saturated heterocycles. The van der Waals surface area contributed by atoms with Crippen molar-refractivity contribution in [2.45, 2.75) is 51.4 Å². The summed E-state index contributed by atoms with van der Waals surface area (Å²) < 4.78 is 43.3. The molecule has 0 saturated carbocycles. The van der Waals surface area contributed by atoms with Crippen molar-refractivity contribution in [3.05, 3.63) is 42.2 Å². The normalized spacial score (nSPS) is 23.8. The molecule has 5 rings (SSSR count). The number of ether oxygens (including phenoxy) is 1. The second kappa shape index (κ2) is 10.8. The van der Waals surface area contributed by atoms with Crippen molar-refractivity contribution in [1.82, 2.24) is 15.0 Å². The van der Waals surface area contributed by atoms with E-state index in [1.165, 1.54) is 18.9 Å². The molecule has 3 aromatic rings. The number of anilines is 4. The molecular formula is C28H37FN6O3S. The highest BCUT2D eigenvalue weighted by atomic mass is 32.2. The average molecular weight is 557 g/mol. The Bertz CT molecular complexity index is 1450. The quantitative estimate of drug-likeness (QED) is 0.435. The number of fused-ring (bicyclic) bond motifs is 1. The minimum absolute atomic E-state index is 0.119. The van der Waals surface area contributed by atoms with E-state index in [-0.39, 0.29) is 24.3 Å². The number of nitrogens with zero attached hydrogens (tertiary/aromatic N) is 5. The number of rotatable bonds is 8. The summed E-state index contributed by atoms with van der Waals surface area (Å²) in [5, 5.41) is 5.43. The summed E-state index contributed by atoms with van der Waals surface area (Å²) in [4.78, 5) is 17.8. The van der Waals surface area contributed by atoms with Crippen molar-refractivity contribution >= 4 is 43.9 Å². The van der Waals surface area contributed by atoms with E-state index in [4.69, 9.17) is 9.72 Å². The molecule has 0 amide bonds. The van der Waals surface area contributed by atoms with Gasteiger partial charge in [0.1, 0.15) is 27.6 Å². The molecule has 2 aromatic heterocycles. The van der Waals surface area contributed by atoms with E-state index >= 15 is 0 Å². The van der Waals surface area contributed by atoms with Crippen molar-refractivity contribution in [2.24, 2.45) is 5.92 Å². The SMILES string of the molecule is CO[C@@H]1CCN(c2nccc(Nc3cc4c(C(C)C)ccc(N5C[C@H](CS(C)(=O)=O)[C@H]5C)c4cn3)n2)C[C@@H]1F.